The first-order chi connectivity index (χ1) is 9.63. The molecule has 1 unspecified atom stereocenters. The standard InChI is InChI=1S/C14H18N2O4/c1-19-10-3-4-12(20-2)11(8-10)16-14(18)9-5-6-15-13(17)7-9/h3-4,8-9H,5-7H2,1-2H3,(H,15,17)(H,16,18). The van der Waals surface area contributed by atoms with Gasteiger partial charge in [-0.1, -0.05) is 0 Å². The normalized spacial score (nSPS) is 18.1. The molecule has 1 aromatic carbocycles. The van der Waals surface area contributed by atoms with Crippen LogP contribution in [0.1, 0.15) is 12.8 Å². The number of rotatable bonds is 4. The van der Waals surface area contributed by atoms with Crippen molar-refractivity contribution in [2.75, 3.05) is 26.1 Å². The summed E-state index contributed by atoms with van der Waals surface area (Å²) in [6.07, 6.45) is 0.863. The molecular weight excluding hydrogens is 260 g/mol. The topological polar surface area (TPSA) is 76.7 Å². The van der Waals surface area contributed by atoms with Gasteiger partial charge < -0.3 is 20.1 Å². The number of ether oxygens (including phenoxy) is 2. The van der Waals surface area contributed by atoms with E-state index in [0.29, 0.717) is 30.2 Å². The molecule has 0 aliphatic carbocycles. The van der Waals surface area contributed by atoms with E-state index in [0.717, 1.165) is 0 Å². The van der Waals surface area contributed by atoms with Crippen molar-refractivity contribution in [3.05, 3.63) is 18.2 Å². The van der Waals surface area contributed by atoms with Gasteiger partial charge in [0.2, 0.25) is 11.8 Å². The van der Waals surface area contributed by atoms with Crippen molar-refractivity contribution >= 4 is 17.5 Å². The Kier molecular flexibility index (Phi) is 4.45. The van der Waals surface area contributed by atoms with Crippen LogP contribution in [0.3, 0.4) is 0 Å². The molecule has 2 amide bonds. The van der Waals surface area contributed by atoms with Gasteiger partial charge in [0, 0.05) is 24.9 Å². The first-order valence-electron chi connectivity index (χ1n) is 6.43. The number of amides is 2. The van der Waals surface area contributed by atoms with Crippen molar-refractivity contribution in [2.24, 2.45) is 5.92 Å². The molecule has 0 spiro atoms. The number of hydrogen-bond donors (Lipinski definition) is 2. The number of nitrogens with one attached hydrogen (secondary N) is 2. The molecule has 1 atom stereocenters. The number of hydrogen-bond acceptors (Lipinski definition) is 4. The number of piperidine rings is 1. The van der Waals surface area contributed by atoms with Crippen LogP contribution in [0.2, 0.25) is 0 Å². The first kappa shape index (κ1) is 14.2. The van der Waals surface area contributed by atoms with Gasteiger partial charge in [0.25, 0.3) is 0 Å². The zero-order valence-electron chi connectivity index (χ0n) is 11.6. The Labute approximate surface area is 117 Å². The SMILES string of the molecule is COc1ccc(OC)c(NC(=O)C2CCNC(=O)C2)c1. The highest BCUT2D eigenvalue weighted by atomic mass is 16.5. The molecular formula is C14H18N2O4. The molecule has 6 nitrogen and oxygen atoms in total. The fraction of sp³-hybridized carbons (Fsp3) is 0.429. The summed E-state index contributed by atoms with van der Waals surface area (Å²) in [4.78, 5) is 23.5. The van der Waals surface area contributed by atoms with Crippen molar-refractivity contribution in [2.45, 2.75) is 12.8 Å². The lowest BCUT2D eigenvalue weighted by Gasteiger charge is -2.22. The molecule has 2 N–H and O–H groups in total. The monoisotopic (exact) mass is 278 g/mol. The maximum atomic E-state index is 12.2. The lowest BCUT2D eigenvalue weighted by Crippen LogP contribution is -2.38. The van der Waals surface area contributed by atoms with Gasteiger partial charge in [0.15, 0.2) is 0 Å². The Bertz CT molecular complexity index is 516. The Hall–Kier alpha value is -2.24. The third kappa shape index (κ3) is 3.20. The number of carbonyl (C=O) groups excluding carboxylic acids is 2. The van der Waals surface area contributed by atoms with Crippen LogP contribution in [0.15, 0.2) is 18.2 Å². The smallest absolute Gasteiger partial charge is 0.228 e. The molecule has 0 saturated carbocycles. The van der Waals surface area contributed by atoms with Crippen LogP contribution in [-0.4, -0.2) is 32.6 Å². The van der Waals surface area contributed by atoms with E-state index in [4.69, 9.17) is 9.47 Å². The minimum Gasteiger partial charge on any atom is -0.497 e. The molecule has 20 heavy (non-hydrogen) atoms. The Balaban J connectivity index is 2.11. The molecule has 1 aliphatic rings. The summed E-state index contributed by atoms with van der Waals surface area (Å²) < 4.78 is 10.3. The Morgan fingerprint density at radius 2 is 2.15 bits per heavy atom. The molecule has 6 heteroatoms. The molecule has 1 fully saturated rings. The van der Waals surface area contributed by atoms with E-state index < -0.39 is 0 Å². The largest absolute Gasteiger partial charge is 0.497 e. The van der Waals surface area contributed by atoms with Crippen molar-refractivity contribution < 1.29 is 19.1 Å². The summed E-state index contributed by atoms with van der Waals surface area (Å²) in [5.41, 5.74) is 0.544. The second-order valence-corrected chi connectivity index (χ2v) is 4.60. The highest BCUT2D eigenvalue weighted by molar-refractivity contribution is 5.97. The molecule has 0 aromatic heterocycles. The summed E-state index contributed by atoms with van der Waals surface area (Å²) in [5.74, 6) is 0.613. The van der Waals surface area contributed by atoms with Crippen LogP contribution in [0.25, 0.3) is 0 Å². The molecule has 1 aliphatic heterocycles. The van der Waals surface area contributed by atoms with Crippen molar-refractivity contribution in [3.8, 4) is 11.5 Å². The number of carbonyl (C=O) groups is 2. The third-order valence-corrected chi connectivity index (χ3v) is 3.28. The minimum atomic E-state index is -0.306. The third-order valence-electron chi connectivity index (χ3n) is 3.28. The molecule has 2 rings (SSSR count). The predicted molar refractivity (Wildman–Crippen MR) is 73.9 cm³/mol. The van der Waals surface area contributed by atoms with E-state index >= 15 is 0 Å². The van der Waals surface area contributed by atoms with Gasteiger partial charge in [-0.05, 0) is 18.6 Å². The maximum Gasteiger partial charge on any atom is 0.228 e. The van der Waals surface area contributed by atoms with Gasteiger partial charge in [0.05, 0.1) is 19.9 Å². The Morgan fingerprint density at radius 3 is 2.80 bits per heavy atom. The van der Waals surface area contributed by atoms with E-state index in [1.54, 1.807) is 25.3 Å². The lowest BCUT2D eigenvalue weighted by atomic mass is 9.96. The second kappa shape index (κ2) is 6.27. The molecule has 1 aromatic rings. The maximum absolute atomic E-state index is 12.2. The van der Waals surface area contributed by atoms with Crippen LogP contribution in [0.4, 0.5) is 5.69 Å². The van der Waals surface area contributed by atoms with Gasteiger partial charge in [0.1, 0.15) is 11.5 Å². The van der Waals surface area contributed by atoms with Crippen LogP contribution >= 0.6 is 0 Å². The van der Waals surface area contributed by atoms with Gasteiger partial charge in [-0.15, -0.1) is 0 Å². The summed E-state index contributed by atoms with van der Waals surface area (Å²) in [5, 5.41) is 5.51. The predicted octanol–water partition coefficient (Wildman–Crippen LogP) is 1.17. The molecule has 1 saturated heterocycles. The zero-order chi connectivity index (χ0) is 14.5. The molecule has 0 radical (unpaired) electrons. The lowest BCUT2D eigenvalue weighted by molar-refractivity contribution is -0.129. The van der Waals surface area contributed by atoms with Crippen LogP contribution in [0.5, 0.6) is 11.5 Å². The van der Waals surface area contributed by atoms with E-state index in [9.17, 15) is 9.59 Å². The van der Waals surface area contributed by atoms with Crippen LogP contribution < -0.4 is 20.1 Å². The van der Waals surface area contributed by atoms with Gasteiger partial charge >= 0.3 is 0 Å². The quantitative estimate of drug-likeness (QED) is 0.866. The number of methoxy groups -OCH3 is 2. The van der Waals surface area contributed by atoms with Crippen molar-refractivity contribution in [1.29, 1.82) is 0 Å². The summed E-state index contributed by atoms with van der Waals surface area (Å²) >= 11 is 0. The average molecular weight is 278 g/mol. The van der Waals surface area contributed by atoms with E-state index in [-0.39, 0.29) is 24.2 Å². The van der Waals surface area contributed by atoms with Crippen LogP contribution in [-0.2, 0) is 9.59 Å². The summed E-state index contributed by atoms with van der Waals surface area (Å²) in [6.45, 7) is 0.534. The second-order valence-electron chi connectivity index (χ2n) is 4.60. The molecule has 1 heterocycles. The number of benzene rings is 1. The molecule has 0 bridgehead atoms. The fourth-order valence-corrected chi connectivity index (χ4v) is 2.15. The molecule has 108 valence electrons. The van der Waals surface area contributed by atoms with Gasteiger partial charge in [-0.2, -0.15) is 0 Å². The van der Waals surface area contributed by atoms with E-state index in [2.05, 4.69) is 10.6 Å². The summed E-state index contributed by atoms with van der Waals surface area (Å²) in [6, 6.07) is 5.17. The first-order valence-corrected chi connectivity index (χ1v) is 6.43. The van der Waals surface area contributed by atoms with Gasteiger partial charge in [-0.25, -0.2) is 0 Å². The van der Waals surface area contributed by atoms with E-state index in [1.165, 1.54) is 7.11 Å². The highest BCUT2D eigenvalue weighted by Crippen LogP contribution is 2.29. The zero-order valence-corrected chi connectivity index (χ0v) is 11.6. The Morgan fingerprint density at radius 1 is 1.35 bits per heavy atom. The van der Waals surface area contributed by atoms with E-state index in [1.807, 2.05) is 0 Å². The fourth-order valence-electron chi connectivity index (χ4n) is 2.15. The highest BCUT2D eigenvalue weighted by Gasteiger charge is 2.26. The van der Waals surface area contributed by atoms with Crippen molar-refractivity contribution in [1.82, 2.24) is 5.32 Å². The minimum absolute atomic E-state index is 0.0889. The number of anilines is 1. The average Bonchev–Trinajstić information content (AvgIpc) is 2.47. The summed E-state index contributed by atoms with van der Waals surface area (Å²) in [7, 11) is 3.09. The van der Waals surface area contributed by atoms with Gasteiger partial charge in [-0.3, -0.25) is 9.59 Å². The van der Waals surface area contributed by atoms with Crippen molar-refractivity contribution in [3.63, 3.8) is 0 Å². The van der Waals surface area contributed by atoms with Crippen LogP contribution in [0, 0.1) is 5.92 Å².